The maximum Gasteiger partial charge on any atom is 0.119 e. The summed E-state index contributed by atoms with van der Waals surface area (Å²) in [5.41, 5.74) is 2.31. The van der Waals surface area contributed by atoms with Gasteiger partial charge in [-0.2, -0.15) is 0 Å². The van der Waals surface area contributed by atoms with Crippen LogP contribution in [0.2, 0.25) is 0 Å². The first-order chi connectivity index (χ1) is 7.74. The predicted molar refractivity (Wildman–Crippen MR) is 67.7 cm³/mol. The summed E-state index contributed by atoms with van der Waals surface area (Å²) in [6.07, 6.45) is 3.71. The van der Waals surface area contributed by atoms with Gasteiger partial charge in [0.05, 0.1) is 7.11 Å². The number of benzene rings is 1. The van der Waals surface area contributed by atoms with Crippen LogP contribution in [0, 0.1) is 5.92 Å². The maximum absolute atomic E-state index is 9.20. The molecule has 1 aromatic carbocycles. The first-order valence-electron chi connectivity index (χ1n) is 5.65. The molecule has 0 bridgehead atoms. The van der Waals surface area contributed by atoms with E-state index >= 15 is 0 Å². The van der Waals surface area contributed by atoms with Crippen molar-refractivity contribution in [3.8, 4) is 5.75 Å². The van der Waals surface area contributed by atoms with Crippen molar-refractivity contribution >= 4 is 6.08 Å². The van der Waals surface area contributed by atoms with Crippen LogP contribution in [0.5, 0.6) is 5.75 Å². The van der Waals surface area contributed by atoms with E-state index in [2.05, 4.69) is 13.5 Å². The first kappa shape index (κ1) is 12.8. The third-order valence-corrected chi connectivity index (χ3v) is 2.92. The Bertz CT molecular complexity index is 341. The highest BCUT2D eigenvalue weighted by Gasteiger charge is 2.09. The highest BCUT2D eigenvalue weighted by Crippen LogP contribution is 2.22. The van der Waals surface area contributed by atoms with Crippen LogP contribution in [0.3, 0.4) is 0 Å². The molecule has 2 heteroatoms. The van der Waals surface area contributed by atoms with Crippen molar-refractivity contribution in [2.45, 2.75) is 19.8 Å². The summed E-state index contributed by atoms with van der Waals surface area (Å²) in [6.45, 7) is 6.14. The SMILES string of the molecule is C=Cc1cc(OC)ccc1CC(CC)CO. The molecule has 0 radical (unpaired) electrons. The topological polar surface area (TPSA) is 29.5 Å². The number of ether oxygens (including phenoxy) is 1. The van der Waals surface area contributed by atoms with Crippen LogP contribution in [0.25, 0.3) is 6.08 Å². The molecule has 0 aromatic heterocycles. The van der Waals surface area contributed by atoms with E-state index in [-0.39, 0.29) is 6.61 Å². The Balaban J connectivity index is 2.90. The van der Waals surface area contributed by atoms with E-state index in [4.69, 9.17) is 4.74 Å². The summed E-state index contributed by atoms with van der Waals surface area (Å²) in [6, 6.07) is 5.98. The predicted octanol–water partition coefficient (Wildman–Crippen LogP) is 2.90. The van der Waals surface area contributed by atoms with E-state index in [0.29, 0.717) is 5.92 Å². The van der Waals surface area contributed by atoms with Gasteiger partial charge in [0.15, 0.2) is 0 Å². The van der Waals surface area contributed by atoms with Gasteiger partial charge in [-0.25, -0.2) is 0 Å². The summed E-state index contributed by atoms with van der Waals surface area (Å²) in [5, 5.41) is 9.20. The van der Waals surface area contributed by atoms with Gasteiger partial charge in [-0.15, -0.1) is 0 Å². The van der Waals surface area contributed by atoms with Crippen molar-refractivity contribution in [3.63, 3.8) is 0 Å². The zero-order chi connectivity index (χ0) is 12.0. The lowest BCUT2D eigenvalue weighted by molar-refractivity contribution is 0.222. The summed E-state index contributed by atoms with van der Waals surface area (Å²) in [7, 11) is 1.66. The third-order valence-electron chi connectivity index (χ3n) is 2.92. The zero-order valence-corrected chi connectivity index (χ0v) is 10.1. The van der Waals surface area contributed by atoms with Gasteiger partial charge in [0.25, 0.3) is 0 Å². The van der Waals surface area contributed by atoms with Crippen molar-refractivity contribution in [1.82, 2.24) is 0 Å². The van der Waals surface area contributed by atoms with Crippen LogP contribution in [0.15, 0.2) is 24.8 Å². The molecule has 1 aromatic rings. The van der Waals surface area contributed by atoms with Crippen LogP contribution in [-0.2, 0) is 6.42 Å². The van der Waals surface area contributed by atoms with E-state index in [9.17, 15) is 5.11 Å². The highest BCUT2D eigenvalue weighted by molar-refractivity contribution is 5.54. The number of aliphatic hydroxyl groups is 1. The van der Waals surface area contributed by atoms with E-state index in [1.54, 1.807) is 7.11 Å². The second-order valence-corrected chi connectivity index (χ2v) is 3.93. The van der Waals surface area contributed by atoms with E-state index < -0.39 is 0 Å². The van der Waals surface area contributed by atoms with Gasteiger partial charge in [0.2, 0.25) is 0 Å². The fraction of sp³-hybridized carbons (Fsp3) is 0.429. The molecule has 1 atom stereocenters. The molecular formula is C14H20O2. The van der Waals surface area contributed by atoms with Crippen molar-refractivity contribution in [2.24, 2.45) is 5.92 Å². The molecule has 88 valence electrons. The van der Waals surface area contributed by atoms with Gasteiger partial charge >= 0.3 is 0 Å². The van der Waals surface area contributed by atoms with Gasteiger partial charge in [-0.05, 0) is 35.6 Å². The van der Waals surface area contributed by atoms with Crippen molar-refractivity contribution in [1.29, 1.82) is 0 Å². The summed E-state index contributed by atoms with van der Waals surface area (Å²) in [4.78, 5) is 0. The monoisotopic (exact) mass is 220 g/mol. The van der Waals surface area contributed by atoms with E-state index in [1.807, 2.05) is 24.3 Å². The molecule has 0 heterocycles. The molecule has 0 amide bonds. The molecule has 0 aliphatic heterocycles. The highest BCUT2D eigenvalue weighted by atomic mass is 16.5. The Morgan fingerprint density at radius 1 is 1.50 bits per heavy atom. The van der Waals surface area contributed by atoms with Crippen molar-refractivity contribution < 1.29 is 9.84 Å². The van der Waals surface area contributed by atoms with Crippen LogP contribution in [0.4, 0.5) is 0 Å². The average Bonchev–Trinajstić information content (AvgIpc) is 2.35. The summed E-state index contributed by atoms with van der Waals surface area (Å²) in [5.74, 6) is 1.17. The first-order valence-corrected chi connectivity index (χ1v) is 5.65. The summed E-state index contributed by atoms with van der Waals surface area (Å²) >= 11 is 0. The molecule has 0 fully saturated rings. The molecule has 1 N–H and O–H groups in total. The molecule has 2 nitrogen and oxygen atoms in total. The molecule has 0 aliphatic carbocycles. The molecule has 1 rings (SSSR count). The Kier molecular flexibility index (Phi) is 5.06. The van der Waals surface area contributed by atoms with Crippen molar-refractivity contribution in [2.75, 3.05) is 13.7 Å². The van der Waals surface area contributed by atoms with Crippen LogP contribution in [-0.4, -0.2) is 18.8 Å². The maximum atomic E-state index is 9.20. The van der Waals surface area contributed by atoms with Crippen LogP contribution >= 0.6 is 0 Å². The van der Waals surface area contributed by atoms with E-state index in [0.717, 1.165) is 24.2 Å². The average molecular weight is 220 g/mol. The van der Waals surface area contributed by atoms with Crippen LogP contribution < -0.4 is 4.74 Å². The van der Waals surface area contributed by atoms with Gasteiger partial charge in [0.1, 0.15) is 5.75 Å². The number of hydrogen-bond acceptors (Lipinski definition) is 2. The summed E-state index contributed by atoms with van der Waals surface area (Å²) < 4.78 is 5.17. The molecular weight excluding hydrogens is 200 g/mol. The Hall–Kier alpha value is -1.28. The minimum Gasteiger partial charge on any atom is -0.497 e. The van der Waals surface area contributed by atoms with Gasteiger partial charge in [-0.3, -0.25) is 0 Å². The quantitative estimate of drug-likeness (QED) is 0.798. The van der Waals surface area contributed by atoms with Gasteiger partial charge < -0.3 is 9.84 Å². The number of methoxy groups -OCH3 is 1. The smallest absolute Gasteiger partial charge is 0.119 e. The van der Waals surface area contributed by atoms with Crippen molar-refractivity contribution in [3.05, 3.63) is 35.9 Å². The fourth-order valence-corrected chi connectivity index (χ4v) is 1.72. The zero-order valence-electron chi connectivity index (χ0n) is 10.1. The fourth-order valence-electron chi connectivity index (χ4n) is 1.72. The second-order valence-electron chi connectivity index (χ2n) is 3.93. The lowest BCUT2D eigenvalue weighted by Gasteiger charge is -2.14. The Labute approximate surface area is 97.6 Å². The van der Waals surface area contributed by atoms with E-state index in [1.165, 1.54) is 5.56 Å². The Morgan fingerprint density at radius 2 is 2.25 bits per heavy atom. The standard InChI is InChI=1S/C14H20O2/c1-4-11(10-15)8-13-6-7-14(16-3)9-12(13)5-2/h5-7,9,11,15H,2,4,8,10H2,1,3H3. The largest absolute Gasteiger partial charge is 0.497 e. The van der Waals surface area contributed by atoms with Gasteiger partial charge in [-0.1, -0.05) is 32.1 Å². The number of hydrogen-bond donors (Lipinski definition) is 1. The lowest BCUT2D eigenvalue weighted by Crippen LogP contribution is -2.09. The second kappa shape index (κ2) is 6.33. The normalized spacial score (nSPS) is 12.2. The lowest BCUT2D eigenvalue weighted by atomic mass is 9.94. The molecule has 0 saturated heterocycles. The third kappa shape index (κ3) is 3.11. The molecule has 0 spiro atoms. The minimum absolute atomic E-state index is 0.235. The molecule has 1 unspecified atom stereocenters. The van der Waals surface area contributed by atoms with Gasteiger partial charge in [0, 0.05) is 6.61 Å². The molecule has 16 heavy (non-hydrogen) atoms. The molecule has 0 aliphatic rings. The molecule has 0 saturated carbocycles. The van der Waals surface area contributed by atoms with Crippen LogP contribution in [0.1, 0.15) is 24.5 Å². The number of aliphatic hydroxyl groups excluding tert-OH is 1. The number of rotatable bonds is 6. The Morgan fingerprint density at radius 3 is 2.75 bits per heavy atom. The minimum atomic E-state index is 0.235.